The first-order valence-electron chi connectivity index (χ1n) is 4.45. The maximum absolute atomic E-state index is 6.13. The molecular weight excluding hydrogens is 156 g/mol. The first-order chi connectivity index (χ1) is 5.38. The van der Waals surface area contributed by atoms with E-state index in [1.54, 1.807) is 5.57 Å². The van der Waals surface area contributed by atoms with Gasteiger partial charge in [-0.05, 0) is 49.7 Å². The van der Waals surface area contributed by atoms with Crippen LogP contribution in [0.4, 0.5) is 0 Å². The summed E-state index contributed by atoms with van der Waals surface area (Å²) in [6.07, 6.45) is 9.82. The van der Waals surface area contributed by atoms with Crippen LogP contribution in [0.25, 0.3) is 0 Å². The van der Waals surface area contributed by atoms with Crippen LogP contribution in [0.5, 0.6) is 0 Å². The Morgan fingerprint density at radius 1 is 1.09 bits per heavy atom. The van der Waals surface area contributed by atoms with Crippen LogP contribution < -0.4 is 0 Å². The van der Waals surface area contributed by atoms with Crippen molar-refractivity contribution in [2.45, 2.75) is 38.5 Å². The molecule has 0 saturated carbocycles. The quantitative estimate of drug-likeness (QED) is 0.517. The minimum Gasteiger partial charge on any atom is -0.0888 e. The van der Waals surface area contributed by atoms with Crippen molar-refractivity contribution in [3.63, 3.8) is 0 Å². The van der Waals surface area contributed by atoms with Crippen molar-refractivity contribution in [2.24, 2.45) is 0 Å². The molecule has 0 fully saturated rings. The fourth-order valence-electron chi connectivity index (χ4n) is 1.99. The number of allylic oxidation sites excluding steroid dienone is 4. The second-order valence-electron chi connectivity index (χ2n) is 3.36. The molecule has 60 valence electrons. The standard InChI is InChI=1S/C10H13Cl/c11-10-7-3-5-8-4-1-2-6-9(8)10/h4H,1-3,5-7H2. The molecule has 1 heteroatoms. The van der Waals surface area contributed by atoms with Gasteiger partial charge >= 0.3 is 0 Å². The fraction of sp³-hybridized carbons (Fsp3) is 0.600. The third kappa shape index (κ3) is 1.37. The normalized spacial score (nSPS) is 24.6. The molecule has 0 heterocycles. The van der Waals surface area contributed by atoms with E-state index in [1.165, 1.54) is 37.7 Å². The van der Waals surface area contributed by atoms with E-state index in [-0.39, 0.29) is 0 Å². The van der Waals surface area contributed by atoms with E-state index in [4.69, 9.17) is 11.6 Å². The molecule has 0 amide bonds. The predicted octanol–water partition coefficient (Wildman–Crippen LogP) is 3.77. The Kier molecular flexibility index (Phi) is 2.04. The number of halogens is 1. The third-order valence-corrected chi connectivity index (χ3v) is 3.00. The van der Waals surface area contributed by atoms with E-state index in [0.717, 1.165) is 11.5 Å². The number of rotatable bonds is 0. The zero-order valence-corrected chi connectivity index (χ0v) is 7.45. The van der Waals surface area contributed by atoms with Gasteiger partial charge < -0.3 is 0 Å². The molecule has 0 aliphatic heterocycles. The zero-order valence-electron chi connectivity index (χ0n) is 6.70. The molecule has 0 saturated heterocycles. The zero-order chi connectivity index (χ0) is 7.68. The second kappa shape index (κ2) is 3.02. The molecule has 0 bridgehead atoms. The molecule has 0 unspecified atom stereocenters. The average molecular weight is 169 g/mol. The van der Waals surface area contributed by atoms with Crippen LogP contribution in [0.3, 0.4) is 0 Å². The van der Waals surface area contributed by atoms with Gasteiger partial charge in [-0.2, -0.15) is 0 Å². The Labute approximate surface area is 72.9 Å². The molecule has 0 aromatic carbocycles. The maximum atomic E-state index is 6.13. The Balaban J connectivity index is 2.35. The molecule has 0 nitrogen and oxygen atoms in total. The van der Waals surface area contributed by atoms with E-state index >= 15 is 0 Å². The van der Waals surface area contributed by atoms with Crippen LogP contribution in [0.15, 0.2) is 22.3 Å². The lowest BCUT2D eigenvalue weighted by atomic mass is 9.86. The Bertz CT molecular complexity index is 223. The van der Waals surface area contributed by atoms with Gasteiger partial charge in [0.2, 0.25) is 0 Å². The third-order valence-electron chi connectivity index (χ3n) is 2.58. The van der Waals surface area contributed by atoms with Crippen LogP contribution in [0.1, 0.15) is 38.5 Å². The molecule has 2 aliphatic rings. The largest absolute Gasteiger partial charge is 0.0888 e. The summed E-state index contributed by atoms with van der Waals surface area (Å²) in [6, 6.07) is 0. The number of hydrogen-bond donors (Lipinski definition) is 0. The summed E-state index contributed by atoms with van der Waals surface area (Å²) in [6.45, 7) is 0. The minimum atomic E-state index is 1.12. The van der Waals surface area contributed by atoms with Crippen LogP contribution in [-0.2, 0) is 0 Å². The lowest BCUT2D eigenvalue weighted by Gasteiger charge is -2.23. The molecule has 2 aliphatic carbocycles. The molecule has 0 N–H and O–H groups in total. The van der Waals surface area contributed by atoms with Gasteiger partial charge in [0.25, 0.3) is 0 Å². The molecule has 0 radical (unpaired) electrons. The van der Waals surface area contributed by atoms with E-state index < -0.39 is 0 Å². The van der Waals surface area contributed by atoms with Gasteiger partial charge in [0.15, 0.2) is 0 Å². The monoisotopic (exact) mass is 168 g/mol. The minimum absolute atomic E-state index is 1.12. The highest BCUT2D eigenvalue weighted by molar-refractivity contribution is 6.30. The van der Waals surface area contributed by atoms with Crippen molar-refractivity contribution < 1.29 is 0 Å². The first-order valence-corrected chi connectivity index (χ1v) is 4.82. The Morgan fingerprint density at radius 2 is 2.00 bits per heavy atom. The first kappa shape index (κ1) is 7.42. The summed E-state index contributed by atoms with van der Waals surface area (Å²) in [5.74, 6) is 0. The summed E-state index contributed by atoms with van der Waals surface area (Å²) in [5.41, 5.74) is 3.02. The highest BCUT2D eigenvalue weighted by Crippen LogP contribution is 2.37. The van der Waals surface area contributed by atoms with Crippen LogP contribution in [0.2, 0.25) is 0 Å². The van der Waals surface area contributed by atoms with E-state index in [1.807, 2.05) is 0 Å². The molecular formula is C10H13Cl. The van der Waals surface area contributed by atoms with Crippen molar-refractivity contribution in [3.8, 4) is 0 Å². The Morgan fingerprint density at radius 3 is 2.82 bits per heavy atom. The van der Waals surface area contributed by atoms with Gasteiger partial charge in [-0.3, -0.25) is 0 Å². The van der Waals surface area contributed by atoms with Crippen molar-refractivity contribution in [3.05, 3.63) is 22.3 Å². The summed E-state index contributed by atoms with van der Waals surface area (Å²) < 4.78 is 0. The van der Waals surface area contributed by atoms with Crippen molar-refractivity contribution in [1.82, 2.24) is 0 Å². The van der Waals surface area contributed by atoms with Gasteiger partial charge in [-0.25, -0.2) is 0 Å². The Hall–Kier alpha value is -0.230. The van der Waals surface area contributed by atoms with Crippen LogP contribution in [-0.4, -0.2) is 0 Å². The van der Waals surface area contributed by atoms with E-state index in [0.29, 0.717) is 0 Å². The molecule has 11 heavy (non-hydrogen) atoms. The fourth-order valence-corrected chi connectivity index (χ4v) is 2.34. The lowest BCUT2D eigenvalue weighted by Crippen LogP contribution is -2.03. The van der Waals surface area contributed by atoms with E-state index in [2.05, 4.69) is 6.08 Å². The average Bonchev–Trinajstić information content (AvgIpc) is 2.06. The maximum Gasteiger partial charge on any atom is 0.0215 e. The SMILES string of the molecule is ClC1=C2CCCC=C2CCC1. The van der Waals surface area contributed by atoms with Crippen molar-refractivity contribution >= 4 is 11.6 Å². The van der Waals surface area contributed by atoms with Gasteiger partial charge in [0.05, 0.1) is 0 Å². The second-order valence-corrected chi connectivity index (χ2v) is 3.81. The predicted molar refractivity (Wildman–Crippen MR) is 48.7 cm³/mol. The molecule has 0 atom stereocenters. The van der Waals surface area contributed by atoms with Gasteiger partial charge in [0.1, 0.15) is 0 Å². The van der Waals surface area contributed by atoms with Gasteiger partial charge in [0, 0.05) is 5.03 Å². The number of fused-ring (bicyclic) bond motifs is 1. The molecule has 2 rings (SSSR count). The summed E-state index contributed by atoms with van der Waals surface area (Å²) in [7, 11) is 0. The molecule has 0 spiro atoms. The number of hydrogen-bond acceptors (Lipinski definition) is 0. The van der Waals surface area contributed by atoms with Crippen LogP contribution in [0, 0.1) is 0 Å². The lowest BCUT2D eigenvalue weighted by molar-refractivity contribution is 0.708. The summed E-state index contributed by atoms with van der Waals surface area (Å²) >= 11 is 6.13. The summed E-state index contributed by atoms with van der Waals surface area (Å²) in [5, 5.41) is 1.14. The van der Waals surface area contributed by atoms with Gasteiger partial charge in [-0.15, -0.1) is 0 Å². The highest BCUT2D eigenvalue weighted by atomic mass is 35.5. The molecule has 0 aromatic rings. The van der Waals surface area contributed by atoms with Crippen LogP contribution >= 0.6 is 11.6 Å². The van der Waals surface area contributed by atoms with Crippen molar-refractivity contribution in [1.29, 1.82) is 0 Å². The highest BCUT2D eigenvalue weighted by Gasteiger charge is 2.17. The van der Waals surface area contributed by atoms with Crippen molar-refractivity contribution in [2.75, 3.05) is 0 Å². The summed E-state index contributed by atoms with van der Waals surface area (Å²) in [4.78, 5) is 0. The smallest absolute Gasteiger partial charge is 0.0215 e. The molecule has 0 aromatic heterocycles. The van der Waals surface area contributed by atoms with Gasteiger partial charge in [-0.1, -0.05) is 17.7 Å². The van der Waals surface area contributed by atoms with E-state index in [9.17, 15) is 0 Å². The topological polar surface area (TPSA) is 0 Å².